The first-order valence-corrected chi connectivity index (χ1v) is 12.1. The van der Waals surface area contributed by atoms with E-state index in [-0.39, 0.29) is 5.91 Å². The highest BCUT2D eigenvalue weighted by Gasteiger charge is 2.16. The maximum absolute atomic E-state index is 13.3. The van der Waals surface area contributed by atoms with Gasteiger partial charge in [-0.3, -0.25) is 4.79 Å². The van der Waals surface area contributed by atoms with E-state index in [1.165, 1.54) is 5.56 Å². The summed E-state index contributed by atoms with van der Waals surface area (Å²) in [6.45, 7) is 0.678. The molecule has 0 radical (unpaired) electrons. The average molecular weight is 484 g/mol. The van der Waals surface area contributed by atoms with Gasteiger partial charge >= 0.3 is 0 Å². The third-order valence-corrected chi connectivity index (χ3v) is 6.34. The number of aromatic amines is 1. The number of rotatable bonds is 8. The lowest BCUT2D eigenvalue weighted by Crippen LogP contribution is -2.15. The van der Waals surface area contributed by atoms with E-state index in [1.807, 2.05) is 60.7 Å². The minimum absolute atomic E-state index is 0.208. The summed E-state index contributed by atoms with van der Waals surface area (Å²) in [4.78, 5) is 16.5. The maximum atomic E-state index is 13.3. The van der Waals surface area contributed by atoms with Crippen LogP contribution in [0.3, 0.4) is 0 Å². The van der Waals surface area contributed by atoms with Crippen LogP contribution in [0.4, 0.5) is 11.4 Å². The molecule has 0 aliphatic rings. The largest absolute Gasteiger partial charge is 0.497 e. The summed E-state index contributed by atoms with van der Waals surface area (Å²) in [6, 6.07) is 28.0. The molecule has 3 N–H and O–H groups in total. The van der Waals surface area contributed by atoms with Crippen LogP contribution in [0.15, 0.2) is 84.9 Å². The van der Waals surface area contributed by atoms with Gasteiger partial charge in [0.2, 0.25) is 0 Å². The second-order valence-electron chi connectivity index (χ2n) is 8.36. The molecule has 6 heteroatoms. The summed E-state index contributed by atoms with van der Waals surface area (Å²) in [5.41, 5.74) is 5.27. The van der Waals surface area contributed by atoms with Crippen LogP contribution < -0.4 is 15.4 Å². The van der Waals surface area contributed by atoms with Crippen molar-refractivity contribution in [3.05, 3.63) is 102 Å². The molecule has 5 rings (SSSR count). The lowest BCUT2D eigenvalue weighted by Gasteiger charge is -2.18. The molecule has 4 aromatic carbocycles. The van der Waals surface area contributed by atoms with Gasteiger partial charge in [-0.2, -0.15) is 0 Å². The lowest BCUT2D eigenvalue weighted by atomic mass is 9.98. The number of hydrogen-bond donors (Lipinski definition) is 3. The van der Waals surface area contributed by atoms with Gasteiger partial charge in [0.1, 0.15) is 11.4 Å². The van der Waals surface area contributed by atoms with Gasteiger partial charge in [-0.15, -0.1) is 11.6 Å². The number of methoxy groups -OCH3 is 1. The number of alkyl halides is 1. The van der Waals surface area contributed by atoms with Gasteiger partial charge in [-0.05, 0) is 53.3 Å². The minimum atomic E-state index is -0.208. The molecule has 0 aliphatic carbocycles. The second kappa shape index (κ2) is 10.1. The SMILES string of the molecule is COc1ccc2[nH]c(C(=O)Nc3cc(NCc4ccccc4)c4ccccc4c3CCCl)cc2c1. The molecule has 1 heterocycles. The van der Waals surface area contributed by atoms with Crippen LogP contribution in [0.25, 0.3) is 21.7 Å². The Hall–Kier alpha value is -3.96. The van der Waals surface area contributed by atoms with Crippen LogP contribution in [0.2, 0.25) is 0 Å². The normalized spacial score (nSPS) is 11.0. The third-order valence-electron chi connectivity index (χ3n) is 6.15. The van der Waals surface area contributed by atoms with E-state index in [2.05, 4.69) is 39.9 Å². The molecule has 1 amide bonds. The molecule has 0 fully saturated rings. The molecule has 0 unspecified atom stereocenters. The van der Waals surface area contributed by atoms with Crippen molar-refractivity contribution in [1.29, 1.82) is 0 Å². The summed E-state index contributed by atoms with van der Waals surface area (Å²) >= 11 is 6.18. The molecule has 5 nitrogen and oxygen atoms in total. The zero-order chi connectivity index (χ0) is 24.2. The summed E-state index contributed by atoms with van der Waals surface area (Å²) in [5.74, 6) is 0.993. The fourth-order valence-corrected chi connectivity index (χ4v) is 4.59. The topological polar surface area (TPSA) is 66.2 Å². The Balaban J connectivity index is 1.51. The number of anilines is 2. The second-order valence-corrected chi connectivity index (χ2v) is 8.74. The number of ether oxygens (including phenoxy) is 1. The van der Waals surface area contributed by atoms with Crippen molar-refractivity contribution in [2.24, 2.45) is 0 Å². The average Bonchev–Trinajstić information content (AvgIpc) is 3.33. The number of H-pyrrole nitrogens is 1. The molecule has 176 valence electrons. The number of aryl methyl sites for hydroxylation is 1. The first kappa shape index (κ1) is 22.8. The van der Waals surface area contributed by atoms with Crippen LogP contribution >= 0.6 is 11.6 Å². The molecule has 0 saturated carbocycles. The van der Waals surface area contributed by atoms with Gasteiger partial charge in [0.15, 0.2) is 0 Å². The predicted octanol–water partition coefficient (Wildman–Crippen LogP) is 6.98. The smallest absolute Gasteiger partial charge is 0.272 e. The molecular weight excluding hydrogens is 458 g/mol. The van der Waals surface area contributed by atoms with E-state index >= 15 is 0 Å². The highest BCUT2D eigenvalue weighted by Crippen LogP contribution is 2.34. The number of fused-ring (bicyclic) bond motifs is 2. The van der Waals surface area contributed by atoms with Crippen LogP contribution in [0.5, 0.6) is 5.75 Å². The van der Waals surface area contributed by atoms with Crippen LogP contribution in [-0.2, 0) is 13.0 Å². The first-order valence-electron chi connectivity index (χ1n) is 11.5. The minimum Gasteiger partial charge on any atom is -0.497 e. The van der Waals surface area contributed by atoms with Crippen LogP contribution in [0, 0.1) is 0 Å². The number of nitrogens with one attached hydrogen (secondary N) is 3. The number of hydrogen-bond acceptors (Lipinski definition) is 3. The predicted molar refractivity (Wildman–Crippen MR) is 145 cm³/mol. The van der Waals surface area contributed by atoms with Gasteiger partial charge in [-0.25, -0.2) is 0 Å². The van der Waals surface area contributed by atoms with Gasteiger partial charge < -0.3 is 20.4 Å². The third kappa shape index (κ3) is 4.81. The van der Waals surface area contributed by atoms with Gasteiger partial charge in [-0.1, -0.05) is 54.6 Å². The van der Waals surface area contributed by atoms with Crippen molar-refractivity contribution in [2.75, 3.05) is 23.6 Å². The molecule has 35 heavy (non-hydrogen) atoms. The molecule has 1 aromatic heterocycles. The summed E-state index contributed by atoms with van der Waals surface area (Å²) in [5, 5.41) is 9.77. The van der Waals surface area contributed by atoms with Gasteiger partial charge in [0, 0.05) is 40.1 Å². The Bertz CT molecular complexity index is 1490. The fraction of sp³-hybridized carbons (Fsp3) is 0.138. The maximum Gasteiger partial charge on any atom is 0.272 e. The molecule has 0 saturated heterocycles. The number of aromatic nitrogens is 1. The lowest BCUT2D eigenvalue weighted by molar-refractivity contribution is 0.102. The Kier molecular flexibility index (Phi) is 6.59. The standard InChI is InChI=1S/C29H26ClN3O2/c1-35-21-11-12-25-20(15-21)16-28(32-25)29(34)33-27-17-26(31-18-19-7-3-2-4-8-19)23-10-6-5-9-22(23)24(27)13-14-30/h2-12,15-17,31-32H,13-14,18H2,1H3,(H,33,34). The van der Waals surface area contributed by atoms with E-state index in [9.17, 15) is 4.79 Å². The molecule has 5 aromatic rings. The highest BCUT2D eigenvalue weighted by molar-refractivity contribution is 6.18. The van der Waals surface area contributed by atoms with Gasteiger partial charge in [0.05, 0.1) is 7.11 Å². The van der Waals surface area contributed by atoms with E-state index < -0.39 is 0 Å². The van der Waals surface area contributed by atoms with Crippen molar-refractivity contribution in [3.63, 3.8) is 0 Å². The van der Waals surface area contributed by atoms with Crippen LogP contribution in [-0.4, -0.2) is 23.9 Å². The van der Waals surface area contributed by atoms with E-state index in [4.69, 9.17) is 16.3 Å². The molecular formula is C29H26ClN3O2. The van der Waals surface area contributed by atoms with E-state index in [0.29, 0.717) is 24.5 Å². The number of benzene rings is 4. The quantitative estimate of drug-likeness (QED) is 0.209. The number of carbonyl (C=O) groups excluding carboxylic acids is 1. The van der Waals surface area contributed by atoms with Gasteiger partial charge in [0.25, 0.3) is 5.91 Å². The van der Waals surface area contributed by atoms with E-state index in [1.54, 1.807) is 7.11 Å². The number of carbonyl (C=O) groups is 1. The Morgan fingerprint density at radius 3 is 2.46 bits per heavy atom. The monoisotopic (exact) mass is 483 g/mol. The summed E-state index contributed by atoms with van der Waals surface area (Å²) in [6.07, 6.45) is 0.639. The number of halogens is 1. The van der Waals surface area contributed by atoms with Crippen molar-refractivity contribution in [2.45, 2.75) is 13.0 Å². The summed E-state index contributed by atoms with van der Waals surface area (Å²) < 4.78 is 5.31. The Morgan fingerprint density at radius 1 is 0.914 bits per heavy atom. The van der Waals surface area contributed by atoms with Crippen molar-refractivity contribution >= 4 is 50.6 Å². The zero-order valence-corrected chi connectivity index (χ0v) is 20.2. The fourth-order valence-electron chi connectivity index (χ4n) is 4.40. The zero-order valence-electron chi connectivity index (χ0n) is 19.4. The van der Waals surface area contributed by atoms with Crippen molar-refractivity contribution in [3.8, 4) is 5.75 Å². The summed E-state index contributed by atoms with van der Waals surface area (Å²) in [7, 11) is 1.63. The van der Waals surface area contributed by atoms with Crippen molar-refractivity contribution in [1.82, 2.24) is 4.98 Å². The molecule has 0 atom stereocenters. The number of amides is 1. The Labute approximate surface area is 209 Å². The first-order chi connectivity index (χ1) is 17.2. The molecule has 0 spiro atoms. The van der Waals surface area contributed by atoms with Crippen LogP contribution in [0.1, 0.15) is 21.6 Å². The Morgan fingerprint density at radius 2 is 1.69 bits per heavy atom. The van der Waals surface area contributed by atoms with E-state index in [0.717, 1.165) is 44.4 Å². The molecule has 0 bridgehead atoms. The highest BCUT2D eigenvalue weighted by atomic mass is 35.5. The molecule has 0 aliphatic heterocycles. The van der Waals surface area contributed by atoms with Crippen molar-refractivity contribution < 1.29 is 9.53 Å².